The molecular weight excluding hydrogens is 476 g/mol. The van der Waals surface area contributed by atoms with E-state index in [-0.39, 0.29) is 29.5 Å². The molecule has 0 bridgehead atoms. The highest BCUT2D eigenvalue weighted by Gasteiger charge is 2.35. The average Bonchev–Trinajstić information content (AvgIpc) is 2.90. The van der Waals surface area contributed by atoms with Gasteiger partial charge in [0.15, 0.2) is 0 Å². The van der Waals surface area contributed by atoms with E-state index in [2.05, 4.69) is 5.32 Å². The first-order valence-corrected chi connectivity index (χ1v) is 13.0. The molecule has 4 rings (SSSR count). The molecule has 3 aromatic carbocycles. The van der Waals surface area contributed by atoms with Crippen molar-refractivity contribution in [3.05, 3.63) is 89.5 Å². The van der Waals surface area contributed by atoms with Crippen molar-refractivity contribution >= 4 is 21.6 Å². The lowest BCUT2D eigenvalue weighted by Gasteiger charge is -2.38. The number of aryl methyl sites for hydroxylation is 1. The van der Waals surface area contributed by atoms with E-state index in [9.17, 15) is 18.5 Å². The maximum atomic E-state index is 13.6. The minimum atomic E-state index is -3.83. The van der Waals surface area contributed by atoms with Crippen molar-refractivity contribution in [3.63, 3.8) is 0 Å². The van der Waals surface area contributed by atoms with Crippen molar-refractivity contribution in [3.8, 4) is 11.8 Å². The fourth-order valence-electron chi connectivity index (χ4n) is 4.41. The number of nitriles is 1. The number of nitrogens with zero attached hydrogens (tertiary/aromatic N) is 3. The van der Waals surface area contributed by atoms with Crippen LogP contribution in [0.15, 0.2) is 77.7 Å². The largest absolute Gasteiger partial charge is 0.495 e. The summed E-state index contributed by atoms with van der Waals surface area (Å²) >= 11 is 0. The van der Waals surface area contributed by atoms with E-state index in [0.29, 0.717) is 24.5 Å². The van der Waals surface area contributed by atoms with Crippen molar-refractivity contribution in [1.29, 1.82) is 5.26 Å². The number of nitrogens with one attached hydrogen (secondary N) is 1. The molecule has 1 aliphatic heterocycles. The predicted octanol–water partition coefficient (Wildman–Crippen LogP) is 3.56. The Kier molecular flexibility index (Phi) is 7.70. The molecule has 3 aromatic rings. The zero-order valence-corrected chi connectivity index (χ0v) is 21.0. The van der Waals surface area contributed by atoms with Gasteiger partial charge in [-0.2, -0.15) is 9.57 Å². The first kappa shape index (κ1) is 25.4. The standard InChI is InChI=1S/C27H28N4O4S/c1-20-12-13-24(35-2)23(18-20)29-27(32)26(21-8-4-3-5-9-21)30-14-16-31(17-15-30)36(33,34)25-11-7-6-10-22(25)19-28/h3-13,18,26H,14-17H2,1-2H3,(H,29,32). The molecule has 1 atom stereocenters. The van der Waals surface area contributed by atoms with Crippen LogP contribution in [0, 0.1) is 18.3 Å². The van der Waals surface area contributed by atoms with Gasteiger partial charge < -0.3 is 10.1 Å². The molecule has 9 heteroatoms. The summed E-state index contributed by atoms with van der Waals surface area (Å²) in [6.07, 6.45) is 0. The van der Waals surface area contributed by atoms with Gasteiger partial charge in [-0.05, 0) is 42.3 Å². The number of benzene rings is 3. The molecule has 1 saturated heterocycles. The van der Waals surface area contributed by atoms with Crippen molar-refractivity contribution in [2.75, 3.05) is 38.6 Å². The van der Waals surface area contributed by atoms with Gasteiger partial charge in [-0.25, -0.2) is 8.42 Å². The van der Waals surface area contributed by atoms with Gasteiger partial charge in [0.05, 0.1) is 23.3 Å². The second kappa shape index (κ2) is 10.9. The second-order valence-corrected chi connectivity index (χ2v) is 10.5. The van der Waals surface area contributed by atoms with Gasteiger partial charge in [0.2, 0.25) is 15.9 Å². The lowest BCUT2D eigenvalue weighted by molar-refractivity contribution is -0.122. The van der Waals surface area contributed by atoms with Gasteiger partial charge in [-0.3, -0.25) is 9.69 Å². The van der Waals surface area contributed by atoms with E-state index < -0.39 is 16.1 Å². The summed E-state index contributed by atoms with van der Waals surface area (Å²) in [6.45, 7) is 3.05. The quantitative estimate of drug-likeness (QED) is 0.528. The van der Waals surface area contributed by atoms with E-state index in [4.69, 9.17) is 4.74 Å². The van der Waals surface area contributed by atoms with Crippen LogP contribution in [0.25, 0.3) is 0 Å². The Morgan fingerprint density at radius 2 is 1.67 bits per heavy atom. The van der Waals surface area contributed by atoms with Crippen LogP contribution in [0.2, 0.25) is 0 Å². The number of carbonyl (C=O) groups is 1. The van der Waals surface area contributed by atoms with Crippen LogP contribution in [-0.2, 0) is 14.8 Å². The third-order valence-electron chi connectivity index (χ3n) is 6.24. The third-order valence-corrected chi connectivity index (χ3v) is 8.20. The number of hydrogen-bond donors (Lipinski definition) is 1. The van der Waals surface area contributed by atoms with E-state index in [1.165, 1.54) is 16.4 Å². The Balaban J connectivity index is 1.57. The highest BCUT2D eigenvalue weighted by atomic mass is 32.2. The zero-order valence-electron chi connectivity index (χ0n) is 20.2. The SMILES string of the molecule is COc1ccc(C)cc1NC(=O)C(c1ccccc1)N1CCN(S(=O)(=O)c2ccccc2C#N)CC1. The highest BCUT2D eigenvalue weighted by molar-refractivity contribution is 7.89. The van der Waals surface area contributed by atoms with Gasteiger partial charge in [0.1, 0.15) is 17.9 Å². The lowest BCUT2D eigenvalue weighted by Crippen LogP contribution is -2.51. The van der Waals surface area contributed by atoms with Gasteiger partial charge >= 0.3 is 0 Å². The van der Waals surface area contributed by atoms with Crippen molar-refractivity contribution < 1.29 is 17.9 Å². The summed E-state index contributed by atoms with van der Waals surface area (Å²) < 4.78 is 33.3. The lowest BCUT2D eigenvalue weighted by atomic mass is 10.0. The number of carbonyl (C=O) groups excluding carboxylic acids is 1. The predicted molar refractivity (Wildman–Crippen MR) is 137 cm³/mol. The maximum absolute atomic E-state index is 13.6. The Hall–Kier alpha value is -3.71. The molecule has 0 aromatic heterocycles. The topological polar surface area (TPSA) is 103 Å². The number of anilines is 1. The summed E-state index contributed by atoms with van der Waals surface area (Å²) in [5.74, 6) is 0.337. The molecule has 36 heavy (non-hydrogen) atoms. The number of hydrogen-bond acceptors (Lipinski definition) is 6. The van der Waals surface area contributed by atoms with Crippen LogP contribution in [0.4, 0.5) is 5.69 Å². The van der Waals surface area contributed by atoms with Crippen LogP contribution >= 0.6 is 0 Å². The summed E-state index contributed by atoms with van der Waals surface area (Å²) in [7, 11) is -2.28. The van der Waals surface area contributed by atoms with Gasteiger partial charge in [0, 0.05) is 26.2 Å². The molecule has 1 fully saturated rings. The van der Waals surface area contributed by atoms with E-state index >= 15 is 0 Å². The molecule has 186 valence electrons. The van der Waals surface area contributed by atoms with Gasteiger partial charge in [-0.15, -0.1) is 0 Å². The summed E-state index contributed by atoms with van der Waals surface area (Å²) in [6, 6.07) is 22.6. The number of methoxy groups -OCH3 is 1. The molecule has 0 radical (unpaired) electrons. The summed E-state index contributed by atoms with van der Waals surface area (Å²) in [5.41, 5.74) is 2.50. The molecule has 8 nitrogen and oxygen atoms in total. The molecule has 1 heterocycles. The second-order valence-electron chi connectivity index (χ2n) is 8.55. The van der Waals surface area contributed by atoms with Crippen molar-refractivity contribution in [2.45, 2.75) is 17.9 Å². The zero-order chi connectivity index (χ0) is 25.7. The molecule has 1 amide bonds. The van der Waals surface area contributed by atoms with E-state index in [0.717, 1.165) is 11.1 Å². The summed E-state index contributed by atoms with van der Waals surface area (Å²) in [4.78, 5) is 15.6. The normalized spacial score (nSPS) is 15.6. The van der Waals surface area contributed by atoms with Gasteiger partial charge in [0.25, 0.3) is 0 Å². The fraction of sp³-hybridized carbons (Fsp3) is 0.259. The molecule has 0 spiro atoms. The maximum Gasteiger partial charge on any atom is 0.246 e. The van der Waals surface area contributed by atoms with Crippen molar-refractivity contribution in [2.24, 2.45) is 0 Å². The van der Waals surface area contributed by atoms with Crippen LogP contribution in [0.1, 0.15) is 22.7 Å². The summed E-state index contributed by atoms with van der Waals surface area (Å²) in [5, 5.41) is 12.4. The molecule has 1 N–H and O–H groups in total. The number of ether oxygens (including phenoxy) is 1. The van der Waals surface area contributed by atoms with Crippen LogP contribution < -0.4 is 10.1 Å². The Morgan fingerprint density at radius 1 is 1.00 bits per heavy atom. The van der Waals surface area contributed by atoms with Crippen molar-refractivity contribution in [1.82, 2.24) is 9.21 Å². The number of piperazine rings is 1. The molecule has 0 aliphatic carbocycles. The Bertz CT molecular complexity index is 1380. The number of rotatable bonds is 7. The molecular formula is C27H28N4O4S. The van der Waals surface area contributed by atoms with Gasteiger partial charge in [-0.1, -0.05) is 48.5 Å². The molecule has 1 aliphatic rings. The monoisotopic (exact) mass is 504 g/mol. The van der Waals surface area contributed by atoms with Crippen LogP contribution in [0.5, 0.6) is 5.75 Å². The van der Waals surface area contributed by atoms with Crippen LogP contribution in [-0.4, -0.2) is 56.8 Å². The van der Waals surface area contributed by atoms with E-state index in [1.807, 2.05) is 66.4 Å². The first-order chi connectivity index (χ1) is 17.3. The Labute approximate surface area is 211 Å². The minimum absolute atomic E-state index is 0.00449. The smallest absolute Gasteiger partial charge is 0.246 e. The van der Waals surface area contributed by atoms with E-state index in [1.54, 1.807) is 19.2 Å². The number of sulfonamides is 1. The number of amides is 1. The molecule has 0 saturated carbocycles. The minimum Gasteiger partial charge on any atom is -0.495 e. The average molecular weight is 505 g/mol. The first-order valence-electron chi connectivity index (χ1n) is 11.6. The Morgan fingerprint density at radius 3 is 2.33 bits per heavy atom. The highest BCUT2D eigenvalue weighted by Crippen LogP contribution is 2.30. The fourth-order valence-corrected chi connectivity index (χ4v) is 5.97. The third kappa shape index (κ3) is 5.26. The van der Waals surface area contributed by atoms with Crippen LogP contribution in [0.3, 0.4) is 0 Å². The molecule has 1 unspecified atom stereocenters.